The van der Waals surface area contributed by atoms with Crippen LogP contribution in [0.25, 0.3) is 0 Å². The predicted octanol–water partition coefficient (Wildman–Crippen LogP) is 2.84. The van der Waals surface area contributed by atoms with Gasteiger partial charge in [0.1, 0.15) is 0 Å². The summed E-state index contributed by atoms with van der Waals surface area (Å²) in [5.41, 5.74) is 0. The molecule has 0 amide bonds. The maximum atomic E-state index is 3.70. The van der Waals surface area contributed by atoms with Crippen LogP contribution < -0.4 is 5.32 Å². The minimum absolute atomic E-state index is 0.719. The molecule has 1 rings (SSSR count). The molecule has 0 aromatic heterocycles. The molecular weight excluding hydrogens is 228 g/mol. The van der Waals surface area contributed by atoms with Crippen LogP contribution >= 0.6 is 11.8 Å². The summed E-state index contributed by atoms with van der Waals surface area (Å²) in [5, 5.41) is 3.70. The second-order valence-corrected chi connectivity index (χ2v) is 6.88. The number of thioether (sulfide) groups is 1. The van der Waals surface area contributed by atoms with Crippen molar-refractivity contribution >= 4 is 11.8 Å². The number of nitrogens with one attached hydrogen (secondary N) is 1. The summed E-state index contributed by atoms with van der Waals surface area (Å²) in [5.74, 6) is 3.40. The van der Waals surface area contributed by atoms with Gasteiger partial charge in [-0.3, -0.25) is 0 Å². The summed E-state index contributed by atoms with van der Waals surface area (Å²) in [4.78, 5) is 2.67. The van der Waals surface area contributed by atoms with Gasteiger partial charge in [0.15, 0.2) is 0 Å². The van der Waals surface area contributed by atoms with Crippen LogP contribution in [0.2, 0.25) is 0 Å². The minimum atomic E-state index is 0.719. The largest absolute Gasteiger partial charge is 0.313 e. The summed E-state index contributed by atoms with van der Waals surface area (Å²) in [6, 6.07) is 0.719. The van der Waals surface area contributed by atoms with E-state index in [1.807, 2.05) is 0 Å². The van der Waals surface area contributed by atoms with E-state index >= 15 is 0 Å². The van der Waals surface area contributed by atoms with Gasteiger partial charge in [-0.15, -0.1) is 0 Å². The number of hydrogen-bond acceptors (Lipinski definition) is 3. The Morgan fingerprint density at radius 1 is 1.41 bits per heavy atom. The Balaban J connectivity index is 2.22. The molecule has 0 aromatic rings. The third-order valence-electron chi connectivity index (χ3n) is 3.29. The van der Waals surface area contributed by atoms with E-state index < -0.39 is 0 Å². The molecule has 1 N–H and O–H groups in total. The van der Waals surface area contributed by atoms with E-state index in [9.17, 15) is 0 Å². The summed E-state index contributed by atoms with van der Waals surface area (Å²) in [6.07, 6.45) is 3.99. The molecule has 0 aliphatic carbocycles. The lowest BCUT2D eigenvalue weighted by molar-refractivity contribution is 0.256. The first kappa shape index (κ1) is 15.3. The van der Waals surface area contributed by atoms with E-state index in [2.05, 4.69) is 42.7 Å². The lowest BCUT2D eigenvalue weighted by atomic mass is 10.0. The summed E-state index contributed by atoms with van der Waals surface area (Å²) in [7, 11) is 0. The predicted molar refractivity (Wildman–Crippen MR) is 79.9 cm³/mol. The zero-order chi connectivity index (χ0) is 12.5. The lowest BCUT2D eigenvalue weighted by Crippen LogP contribution is -2.39. The SMILES string of the molecule is CCSCCCN1CCCNC(CC(C)C)C1. The van der Waals surface area contributed by atoms with Crippen molar-refractivity contribution in [1.82, 2.24) is 10.2 Å². The van der Waals surface area contributed by atoms with Gasteiger partial charge in [0.25, 0.3) is 0 Å². The molecule has 1 fully saturated rings. The van der Waals surface area contributed by atoms with Crippen LogP contribution in [0.5, 0.6) is 0 Å². The zero-order valence-electron chi connectivity index (χ0n) is 11.9. The molecule has 1 heterocycles. The van der Waals surface area contributed by atoms with Gasteiger partial charge in [0.2, 0.25) is 0 Å². The Labute approximate surface area is 112 Å². The van der Waals surface area contributed by atoms with E-state index in [1.54, 1.807) is 0 Å². The maximum Gasteiger partial charge on any atom is 0.0197 e. The maximum absolute atomic E-state index is 3.70. The highest BCUT2D eigenvalue weighted by Crippen LogP contribution is 2.11. The van der Waals surface area contributed by atoms with Crippen molar-refractivity contribution in [2.45, 2.75) is 46.1 Å². The summed E-state index contributed by atoms with van der Waals surface area (Å²) >= 11 is 2.07. The van der Waals surface area contributed by atoms with E-state index in [0.717, 1.165) is 12.0 Å². The number of rotatable bonds is 7. The second kappa shape index (κ2) is 9.23. The van der Waals surface area contributed by atoms with E-state index in [4.69, 9.17) is 0 Å². The van der Waals surface area contributed by atoms with Crippen LogP contribution in [0, 0.1) is 5.92 Å². The molecule has 0 aromatic carbocycles. The van der Waals surface area contributed by atoms with Crippen LogP contribution in [-0.4, -0.2) is 48.6 Å². The Morgan fingerprint density at radius 3 is 2.94 bits per heavy atom. The van der Waals surface area contributed by atoms with Crippen LogP contribution in [0.1, 0.15) is 40.0 Å². The highest BCUT2D eigenvalue weighted by Gasteiger charge is 2.17. The normalized spacial score (nSPS) is 22.9. The summed E-state index contributed by atoms with van der Waals surface area (Å²) in [6.45, 7) is 12.0. The van der Waals surface area contributed by atoms with Crippen molar-refractivity contribution in [3.05, 3.63) is 0 Å². The molecule has 17 heavy (non-hydrogen) atoms. The van der Waals surface area contributed by atoms with Gasteiger partial charge in [-0.05, 0) is 56.3 Å². The van der Waals surface area contributed by atoms with Crippen LogP contribution in [0.3, 0.4) is 0 Å². The molecule has 0 radical (unpaired) electrons. The summed E-state index contributed by atoms with van der Waals surface area (Å²) < 4.78 is 0. The second-order valence-electron chi connectivity index (χ2n) is 5.49. The lowest BCUT2D eigenvalue weighted by Gasteiger charge is -2.25. The fourth-order valence-corrected chi connectivity index (χ4v) is 3.16. The smallest absolute Gasteiger partial charge is 0.0197 e. The third kappa shape index (κ3) is 7.32. The quantitative estimate of drug-likeness (QED) is 0.707. The van der Waals surface area contributed by atoms with Crippen LogP contribution in [-0.2, 0) is 0 Å². The average Bonchev–Trinajstić information content (AvgIpc) is 2.49. The molecule has 0 saturated carbocycles. The molecule has 1 atom stereocenters. The molecule has 0 spiro atoms. The Kier molecular flexibility index (Phi) is 8.33. The molecule has 1 saturated heterocycles. The molecule has 1 aliphatic rings. The first-order valence-corrected chi connectivity index (χ1v) is 8.41. The first-order chi connectivity index (χ1) is 8.22. The number of nitrogens with zero attached hydrogens (tertiary/aromatic N) is 1. The highest BCUT2D eigenvalue weighted by molar-refractivity contribution is 7.99. The van der Waals surface area contributed by atoms with Gasteiger partial charge in [0.05, 0.1) is 0 Å². The van der Waals surface area contributed by atoms with Gasteiger partial charge >= 0.3 is 0 Å². The molecule has 102 valence electrons. The van der Waals surface area contributed by atoms with Gasteiger partial charge in [-0.25, -0.2) is 0 Å². The Morgan fingerprint density at radius 2 is 2.24 bits per heavy atom. The molecule has 0 bridgehead atoms. The van der Waals surface area contributed by atoms with Crippen LogP contribution in [0.4, 0.5) is 0 Å². The van der Waals surface area contributed by atoms with Crippen molar-refractivity contribution in [3.8, 4) is 0 Å². The van der Waals surface area contributed by atoms with Crippen molar-refractivity contribution < 1.29 is 0 Å². The van der Waals surface area contributed by atoms with Crippen molar-refractivity contribution in [2.75, 3.05) is 37.7 Å². The van der Waals surface area contributed by atoms with Crippen LogP contribution in [0.15, 0.2) is 0 Å². The molecule has 2 nitrogen and oxygen atoms in total. The fraction of sp³-hybridized carbons (Fsp3) is 1.00. The first-order valence-electron chi connectivity index (χ1n) is 7.25. The highest BCUT2D eigenvalue weighted by atomic mass is 32.2. The molecular formula is C14H30N2S. The van der Waals surface area contributed by atoms with E-state index in [0.29, 0.717) is 0 Å². The average molecular weight is 258 g/mol. The monoisotopic (exact) mass is 258 g/mol. The van der Waals surface area contributed by atoms with E-state index in [1.165, 1.54) is 56.9 Å². The van der Waals surface area contributed by atoms with Gasteiger partial charge in [-0.1, -0.05) is 20.8 Å². The number of hydrogen-bond donors (Lipinski definition) is 1. The Bertz CT molecular complexity index is 185. The topological polar surface area (TPSA) is 15.3 Å². The fourth-order valence-electron chi connectivity index (χ4n) is 2.54. The molecule has 3 heteroatoms. The minimum Gasteiger partial charge on any atom is -0.313 e. The standard InChI is InChI=1S/C14H30N2S/c1-4-17-10-6-9-16-8-5-7-15-14(12-16)11-13(2)3/h13-15H,4-12H2,1-3H3. The molecule has 1 unspecified atom stereocenters. The van der Waals surface area contributed by atoms with E-state index in [-0.39, 0.29) is 0 Å². The van der Waals surface area contributed by atoms with Crippen molar-refractivity contribution in [2.24, 2.45) is 5.92 Å². The Hall–Kier alpha value is 0.270. The van der Waals surface area contributed by atoms with Crippen molar-refractivity contribution in [3.63, 3.8) is 0 Å². The third-order valence-corrected chi connectivity index (χ3v) is 4.27. The van der Waals surface area contributed by atoms with Gasteiger partial charge < -0.3 is 10.2 Å². The molecule has 1 aliphatic heterocycles. The van der Waals surface area contributed by atoms with Crippen molar-refractivity contribution in [1.29, 1.82) is 0 Å². The van der Waals surface area contributed by atoms with Gasteiger partial charge in [-0.2, -0.15) is 11.8 Å². The van der Waals surface area contributed by atoms with Gasteiger partial charge in [0, 0.05) is 12.6 Å². The zero-order valence-corrected chi connectivity index (χ0v) is 12.7.